The Labute approximate surface area is 89.8 Å². The first-order valence-electron chi connectivity index (χ1n) is 4.92. The van der Waals surface area contributed by atoms with Crippen LogP contribution in [0.3, 0.4) is 0 Å². The van der Waals surface area contributed by atoms with Crippen molar-refractivity contribution in [1.29, 1.82) is 0 Å². The number of nitrogens with one attached hydrogen (secondary N) is 1. The standard InChI is InChI=1S/C12H14ClN/c1-9-5-6-10(13)8-11(9)12-4-2-3-7-14-12/h2-3,5-6,8,12,14H,4,7H2,1H3. The van der Waals surface area contributed by atoms with Crippen LogP contribution in [-0.2, 0) is 0 Å². The van der Waals surface area contributed by atoms with Crippen LogP contribution in [-0.4, -0.2) is 6.54 Å². The summed E-state index contributed by atoms with van der Waals surface area (Å²) in [7, 11) is 0. The monoisotopic (exact) mass is 207 g/mol. The van der Waals surface area contributed by atoms with Crippen LogP contribution in [0.15, 0.2) is 30.4 Å². The van der Waals surface area contributed by atoms with Crippen molar-refractivity contribution >= 4 is 11.6 Å². The van der Waals surface area contributed by atoms with E-state index in [-0.39, 0.29) is 0 Å². The second-order valence-electron chi connectivity index (χ2n) is 3.67. The molecule has 14 heavy (non-hydrogen) atoms. The highest BCUT2D eigenvalue weighted by Gasteiger charge is 2.13. The first-order valence-corrected chi connectivity index (χ1v) is 5.29. The van der Waals surface area contributed by atoms with Crippen LogP contribution in [0.5, 0.6) is 0 Å². The quantitative estimate of drug-likeness (QED) is 0.698. The molecule has 2 rings (SSSR count). The fraction of sp³-hybridized carbons (Fsp3) is 0.333. The van der Waals surface area contributed by atoms with E-state index in [1.807, 2.05) is 6.07 Å². The van der Waals surface area contributed by atoms with E-state index in [9.17, 15) is 0 Å². The molecule has 0 amide bonds. The Morgan fingerprint density at radius 2 is 2.21 bits per heavy atom. The van der Waals surface area contributed by atoms with E-state index in [0.29, 0.717) is 6.04 Å². The molecule has 0 bridgehead atoms. The summed E-state index contributed by atoms with van der Waals surface area (Å²) >= 11 is 5.99. The van der Waals surface area contributed by atoms with Gasteiger partial charge in [-0.05, 0) is 36.6 Å². The number of hydrogen-bond donors (Lipinski definition) is 1. The van der Waals surface area contributed by atoms with E-state index in [0.717, 1.165) is 18.0 Å². The summed E-state index contributed by atoms with van der Waals surface area (Å²) in [5.41, 5.74) is 2.63. The molecule has 1 N–H and O–H groups in total. The highest BCUT2D eigenvalue weighted by molar-refractivity contribution is 6.30. The molecule has 2 heteroatoms. The molecule has 1 unspecified atom stereocenters. The minimum Gasteiger partial charge on any atom is -0.306 e. The van der Waals surface area contributed by atoms with Gasteiger partial charge in [0.25, 0.3) is 0 Å². The maximum atomic E-state index is 5.99. The van der Waals surface area contributed by atoms with E-state index in [2.05, 4.69) is 36.5 Å². The van der Waals surface area contributed by atoms with Crippen molar-refractivity contribution < 1.29 is 0 Å². The summed E-state index contributed by atoms with van der Waals surface area (Å²) in [6.07, 6.45) is 5.44. The molecular weight excluding hydrogens is 194 g/mol. The topological polar surface area (TPSA) is 12.0 Å². The molecule has 1 atom stereocenters. The van der Waals surface area contributed by atoms with Gasteiger partial charge in [0.2, 0.25) is 0 Å². The van der Waals surface area contributed by atoms with Crippen LogP contribution < -0.4 is 5.32 Å². The molecule has 1 heterocycles. The first kappa shape index (κ1) is 9.75. The number of hydrogen-bond acceptors (Lipinski definition) is 1. The maximum absolute atomic E-state index is 5.99. The molecule has 1 nitrogen and oxygen atoms in total. The zero-order chi connectivity index (χ0) is 9.97. The fourth-order valence-electron chi connectivity index (χ4n) is 1.83. The highest BCUT2D eigenvalue weighted by Crippen LogP contribution is 2.25. The van der Waals surface area contributed by atoms with Crippen molar-refractivity contribution in [2.45, 2.75) is 19.4 Å². The summed E-state index contributed by atoms with van der Waals surface area (Å²) in [5, 5.41) is 4.28. The Morgan fingerprint density at radius 1 is 1.36 bits per heavy atom. The van der Waals surface area contributed by atoms with Gasteiger partial charge in [-0.3, -0.25) is 0 Å². The van der Waals surface area contributed by atoms with Crippen molar-refractivity contribution in [3.63, 3.8) is 0 Å². The van der Waals surface area contributed by atoms with Gasteiger partial charge >= 0.3 is 0 Å². The van der Waals surface area contributed by atoms with Gasteiger partial charge in [0.05, 0.1) is 0 Å². The predicted molar refractivity (Wildman–Crippen MR) is 60.7 cm³/mol. The Balaban J connectivity index is 2.30. The number of rotatable bonds is 1. The van der Waals surface area contributed by atoms with E-state index in [1.165, 1.54) is 11.1 Å². The van der Waals surface area contributed by atoms with Crippen molar-refractivity contribution in [3.8, 4) is 0 Å². The summed E-state index contributed by atoms with van der Waals surface area (Å²) in [4.78, 5) is 0. The fourth-order valence-corrected chi connectivity index (χ4v) is 2.01. The summed E-state index contributed by atoms with van der Waals surface area (Å²) in [6, 6.07) is 6.52. The third-order valence-corrected chi connectivity index (χ3v) is 2.87. The second kappa shape index (κ2) is 4.16. The Kier molecular flexibility index (Phi) is 2.90. The van der Waals surface area contributed by atoms with Gasteiger partial charge in [-0.25, -0.2) is 0 Å². The van der Waals surface area contributed by atoms with Gasteiger partial charge in [0, 0.05) is 17.6 Å². The predicted octanol–water partition coefficient (Wildman–Crippen LogP) is 3.24. The average molecular weight is 208 g/mol. The molecule has 1 aromatic rings. The van der Waals surface area contributed by atoms with Crippen LogP contribution in [0.1, 0.15) is 23.6 Å². The van der Waals surface area contributed by atoms with Gasteiger partial charge in [-0.2, -0.15) is 0 Å². The number of aryl methyl sites for hydroxylation is 1. The lowest BCUT2D eigenvalue weighted by Gasteiger charge is -2.22. The van der Waals surface area contributed by atoms with Crippen LogP contribution in [0, 0.1) is 6.92 Å². The second-order valence-corrected chi connectivity index (χ2v) is 4.11. The zero-order valence-electron chi connectivity index (χ0n) is 8.26. The van der Waals surface area contributed by atoms with Crippen LogP contribution >= 0.6 is 11.6 Å². The average Bonchev–Trinajstić information content (AvgIpc) is 2.23. The Bertz CT molecular complexity index is 357. The lowest BCUT2D eigenvalue weighted by atomic mass is 9.97. The van der Waals surface area contributed by atoms with Crippen LogP contribution in [0.2, 0.25) is 5.02 Å². The summed E-state index contributed by atoms with van der Waals surface area (Å²) < 4.78 is 0. The van der Waals surface area contributed by atoms with Gasteiger partial charge in [0.1, 0.15) is 0 Å². The van der Waals surface area contributed by atoms with Crippen LogP contribution in [0.25, 0.3) is 0 Å². The highest BCUT2D eigenvalue weighted by atomic mass is 35.5. The molecule has 0 aromatic heterocycles. The van der Waals surface area contributed by atoms with Crippen molar-refractivity contribution in [1.82, 2.24) is 5.32 Å². The summed E-state index contributed by atoms with van der Waals surface area (Å²) in [6.45, 7) is 3.09. The van der Waals surface area contributed by atoms with E-state index >= 15 is 0 Å². The molecule has 0 fully saturated rings. The van der Waals surface area contributed by atoms with E-state index in [1.54, 1.807) is 0 Å². The first-order chi connectivity index (χ1) is 6.77. The van der Waals surface area contributed by atoms with Gasteiger partial charge < -0.3 is 5.32 Å². The molecule has 1 aromatic carbocycles. The molecule has 1 aliphatic heterocycles. The minimum atomic E-state index is 0.429. The lowest BCUT2D eigenvalue weighted by molar-refractivity contribution is 0.552. The molecular formula is C12H14ClN. The third-order valence-electron chi connectivity index (χ3n) is 2.64. The largest absolute Gasteiger partial charge is 0.306 e. The third kappa shape index (κ3) is 1.99. The maximum Gasteiger partial charge on any atom is 0.0409 e. The zero-order valence-corrected chi connectivity index (χ0v) is 9.01. The molecule has 0 radical (unpaired) electrons. The smallest absolute Gasteiger partial charge is 0.0409 e. The van der Waals surface area contributed by atoms with Gasteiger partial charge in [-0.1, -0.05) is 29.8 Å². The van der Waals surface area contributed by atoms with Crippen LogP contribution in [0.4, 0.5) is 0 Å². The normalized spacial score (nSPS) is 21.1. The van der Waals surface area contributed by atoms with E-state index < -0.39 is 0 Å². The lowest BCUT2D eigenvalue weighted by Crippen LogP contribution is -2.24. The molecule has 0 spiro atoms. The molecule has 0 saturated carbocycles. The van der Waals surface area contributed by atoms with E-state index in [4.69, 9.17) is 11.6 Å². The van der Waals surface area contributed by atoms with Gasteiger partial charge in [0.15, 0.2) is 0 Å². The van der Waals surface area contributed by atoms with Crippen molar-refractivity contribution in [2.75, 3.05) is 6.54 Å². The molecule has 1 aliphatic rings. The molecule has 0 aliphatic carbocycles. The minimum absolute atomic E-state index is 0.429. The van der Waals surface area contributed by atoms with Crippen molar-refractivity contribution in [2.24, 2.45) is 0 Å². The Morgan fingerprint density at radius 3 is 2.93 bits per heavy atom. The number of halogens is 1. The molecule has 0 saturated heterocycles. The van der Waals surface area contributed by atoms with Gasteiger partial charge in [-0.15, -0.1) is 0 Å². The SMILES string of the molecule is Cc1ccc(Cl)cc1C1CC=CCN1. The summed E-state index contributed by atoms with van der Waals surface area (Å²) in [5.74, 6) is 0. The molecule has 74 valence electrons. The Hall–Kier alpha value is -0.790. The number of benzene rings is 1. The van der Waals surface area contributed by atoms with Crippen molar-refractivity contribution in [3.05, 3.63) is 46.5 Å².